The number of hydrogen-bond donors (Lipinski definition) is 2. The predicted molar refractivity (Wildman–Crippen MR) is 85.0 cm³/mol. The van der Waals surface area contributed by atoms with Crippen molar-refractivity contribution in [3.8, 4) is 0 Å². The molecule has 0 aliphatic carbocycles. The van der Waals surface area contributed by atoms with Crippen LogP contribution in [0.15, 0.2) is 30.3 Å². The monoisotopic (exact) mass is 321 g/mol. The Hall–Kier alpha value is -2.12. The van der Waals surface area contributed by atoms with Crippen LogP contribution in [-0.2, 0) is 14.3 Å². The highest BCUT2D eigenvalue weighted by atomic mass is 16.5. The second-order valence-corrected chi connectivity index (χ2v) is 5.17. The largest absolute Gasteiger partial charge is 0.383 e. The van der Waals surface area contributed by atoms with Crippen LogP contribution in [-0.4, -0.2) is 63.4 Å². The summed E-state index contributed by atoms with van der Waals surface area (Å²) in [5.74, 6) is -0.124. The first kappa shape index (κ1) is 17.2. The third-order valence-corrected chi connectivity index (χ3v) is 3.57. The maximum absolute atomic E-state index is 12.8. The van der Waals surface area contributed by atoms with Crippen LogP contribution in [0.2, 0.25) is 0 Å². The van der Waals surface area contributed by atoms with Gasteiger partial charge in [0, 0.05) is 26.7 Å². The zero-order valence-corrected chi connectivity index (χ0v) is 13.3. The van der Waals surface area contributed by atoms with Crippen LogP contribution in [0.1, 0.15) is 11.6 Å². The van der Waals surface area contributed by atoms with Gasteiger partial charge in [0.25, 0.3) is 0 Å². The molecule has 23 heavy (non-hydrogen) atoms. The summed E-state index contributed by atoms with van der Waals surface area (Å²) in [6.07, 6.45) is 0. The van der Waals surface area contributed by atoms with Gasteiger partial charge in [-0.15, -0.1) is 0 Å². The predicted octanol–water partition coefficient (Wildman–Crippen LogP) is 0.532. The number of rotatable bonds is 6. The zero-order chi connectivity index (χ0) is 16.5. The third kappa shape index (κ3) is 5.22. The first-order valence-electron chi connectivity index (χ1n) is 7.67. The molecule has 0 unspecified atom stereocenters. The van der Waals surface area contributed by atoms with E-state index in [0.29, 0.717) is 39.5 Å². The number of benzene rings is 1. The molecule has 1 saturated heterocycles. The molecule has 1 fully saturated rings. The Morgan fingerprint density at radius 1 is 1.26 bits per heavy atom. The highest BCUT2D eigenvalue weighted by Gasteiger charge is 2.28. The van der Waals surface area contributed by atoms with Gasteiger partial charge < -0.3 is 25.0 Å². The van der Waals surface area contributed by atoms with Crippen LogP contribution in [0.3, 0.4) is 0 Å². The number of hydrogen-bond acceptors (Lipinski definition) is 4. The van der Waals surface area contributed by atoms with Gasteiger partial charge in [-0.2, -0.15) is 0 Å². The van der Waals surface area contributed by atoms with E-state index in [2.05, 4.69) is 10.6 Å². The van der Waals surface area contributed by atoms with Crippen molar-refractivity contribution in [1.29, 1.82) is 0 Å². The molecule has 1 aliphatic heterocycles. The molecule has 1 aromatic carbocycles. The molecule has 0 bridgehead atoms. The molecule has 0 saturated carbocycles. The molecule has 3 amide bonds. The van der Waals surface area contributed by atoms with E-state index in [1.54, 1.807) is 12.0 Å². The van der Waals surface area contributed by atoms with E-state index in [-0.39, 0.29) is 5.91 Å². The van der Waals surface area contributed by atoms with Crippen molar-refractivity contribution >= 4 is 11.9 Å². The van der Waals surface area contributed by atoms with E-state index >= 15 is 0 Å². The van der Waals surface area contributed by atoms with Gasteiger partial charge in [-0.3, -0.25) is 4.79 Å². The van der Waals surface area contributed by atoms with Crippen molar-refractivity contribution in [2.45, 2.75) is 6.04 Å². The summed E-state index contributed by atoms with van der Waals surface area (Å²) in [6, 6.07) is 8.13. The number of methoxy groups -OCH3 is 1. The molecule has 0 aromatic heterocycles. The quantitative estimate of drug-likeness (QED) is 0.749. The Morgan fingerprint density at radius 3 is 2.61 bits per heavy atom. The lowest BCUT2D eigenvalue weighted by atomic mass is 10.1. The summed E-state index contributed by atoms with van der Waals surface area (Å²) >= 11 is 0. The number of morpholine rings is 1. The molecule has 1 aliphatic rings. The van der Waals surface area contributed by atoms with E-state index < -0.39 is 12.1 Å². The van der Waals surface area contributed by atoms with Gasteiger partial charge in [-0.05, 0) is 5.56 Å². The van der Waals surface area contributed by atoms with Crippen molar-refractivity contribution in [2.24, 2.45) is 0 Å². The number of urea groups is 1. The lowest BCUT2D eigenvalue weighted by molar-refractivity contribution is -0.137. The van der Waals surface area contributed by atoms with Crippen molar-refractivity contribution in [1.82, 2.24) is 15.5 Å². The first-order chi connectivity index (χ1) is 11.2. The molecule has 1 atom stereocenters. The molecule has 1 aromatic rings. The number of carbonyl (C=O) groups is 2. The van der Waals surface area contributed by atoms with Crippen LogP contribution in [0, 0.1) is 0 Å². The molecule has 1 heterocycles. The second kappa shape index (κ2) is 9.12. The third-order valence-electron chi connectivity index (χ3n) is 3.57. The molecule has 0 radical (unpaired) electrons. The highest BCUT2D eigenvalue weighted by Crippen LogP contribution is 2.16. The average Bonchev–Trinajstić information content (AvgIpc) is 2.61. The molecular weight excluding hydrogens is 298 g/mol. The topological polar surface area (TPSA) is 79.9 Å². The van der Waals surface area contributed by atoms with E-state index in [0.717, 1.165) is 5.56 Å². The number of nitrogens with one attached hydrogen (secondary N) is 2. The van der Waals surface area contributed by atoms with Crippen LogP contribution < -0.4 is 10.6 Å². The summed E-state index contributed by atoms with van der Waals surface area (Å²) in [7, 11) is 1.56. The minimum atomic E-state index is -0.711. The molecule has 7 nitrogen and oxygen atoms in total. The normalized spacial score (nSPS) is 15.8. The highest BCUT2D eigenvalue weighted by molar-refractivity contribution is 5.88. The molecule has 126 valence electrons. The number of amides is 3. The van der Waals surface area contributed by atoms with Crippen molar-refractivity contribution in [2.75, 3.05) is 46.6 Å². The van der Waals surface area contributed by atoms with Gasteiger partial charge in [0.05, 0.1) is 19.8 Å². The Morgan fingerprint density at radius 2 is 1.96 bits per heavy atom. The van der Waals surface area contributed by atoms with Gasteiger partial charge in [0.15, 0.2) is 0 Å². The fourth-order valence-corrected chi connectivity index (χ4v) is 2.35. The molecule has 2 rings (SSSR count). The minimum Gasteiger partial charge on any atom is -0.383 e. The van der Waals surface area contributed by atoms with Crippen molar-refractivity contribution in [3.05, 3.63) is 35.9 Å². The molecule has 0 spiro atoms. The van der Waals surface area contributed by atoms with Crippen LogP contribution in [0.25, 0.3) is 0 Å². The van der Waals surface area contributed by atoms with Crippen LogP contribution in [0.4, 0.5) is 4.79 Å². The maximum Gasteiger partial charge on any atom is 0.315 e. The molecule has 7 heteroatoms. The lowest BCUT2D eigenvalue weighted by Crippen LogP contribution is -2.49. The van der Waals surface area contributed by atoms with E-state index in [9.17, 15) is 9.59 Å². The van der Waals surface area contributed by atoms with Crippen molar-refractivity contribution in [3.63, 3.8) is 0 Å². The van der Waals surface area contributed by atoms with Gasteiger partial charge in [-0.25, -0.2) is 4.79 Å². The summed E-state index contributed by atoms with van der Waals surface area (Å²) in [5, 5.41) is 5.42. The number of ether oxygens (including phenoxy) is 2. The van der Waals surface area contributed by atoms with Crippen molar-refractivity contribution < 1.29 is 19.1 Å². The zero-order valence-electron chi connectivity index (χ0n) is 13.3. The molecule has 2 N–H and O–H groups in total. The fraction of sp³-hybridized carbons (Fsp3) is 0.500. The van der Waals surface area contributed by atoms with E-state index in [1.807, 2.05) is 30.3 Å². The summed E-state index contributed by atoms with van der Waals surface area (Å²) in [4.78, 5) is 26.5. The maximum atomic E-state index is 12.8. The fourth-order valence-electron chi connectivity index (χ4n) is 2.35. The van der Waals surface area contributed by atoms with Gasteiger partial charge in [0.2, 0.25) is 5.91 Å². The van der Waals surface area contributed by atoms with Gasteiger partial charge in [-0.1, -0.05) is 30.3 Å². The smallest absolute Gasteiger partial charge is 0.315 e. The Bertz CT molecular complexity index is 503. The standard InChI is InChI=1S/C16H23N3O4/c1-22-10-7-17-16(21)18-14(13-5-3-2-4-6-13)15(20)19-8-11-23-12-9-19/h2-6,14H,7-12H2,1H3,(H2,17,18,21)/t14-/m0/s1. The first-order valence-corrected chi connectivity index (χ1v) is 7.67. The van der Waals surface area contributed by atoms with Gasteiger partial charge >= 0.3 is 6.03 Å². The Labute approximate surface area is 135 Å². The Balaban J connectivity index is 2.05. The average molecular weight is 321 g/mol. The van der Waals surface area contributed by atoms with E-state index in [4.69, 9.17) is 9.47 Å². The number of nitrogens with zero attached hydrogens (tertiary/aromatic N) is 1. The Kier molecular flexibility index (Phi) is 6.83. The summed E-state index contributed by atoms with van der Waals surface area (Å²) in [5.41, 5.74) is 0.755. The van der Waals surface area contributed by atoms with Crippen LogP contribution >= 0.6 is 0 Å². The SMILES string of the molecule is COCCNC(=O)N[C@H](C(=O)N1CCOCC1)c1ccccc1. The minimum absolute atomic E-state index is 0.124. The second-order valence-electron chi connectivity index (χ2n) is 5.17. The summed E-state index contributed by atoms with van der Waals surface area (Å²) < 4.78 is 10.2. The lowest BCUT2D eigenvalue weighted by Gasteiger charge is -2.31. The number of carbonyl (C=O) groups excluding carboxylic acids is 2. The van der Waals surface area contributed by atoms with Gasteiger partial charge in [0.1, 0.15) is 6.04 Å². The summed E-state index contributed by atoms with van der Waals surface area (Å²) in [6.45, 7) is 2.92. The van der Waals surface area contributed by atoms with E-state index in [1.165, 1.54) is 0 Å². The molecular formula is C16H23N3O4. The van der Waals surface area contributed by atoms with Crippen LogP contribution in [0.5, 0.6) is 0 Å².